The molecule has 0 saturated carbocycles. The lowest BCUT2D eigenvalue weighted by Gasteiger charge is -2.32. The molecule has 0 radical (unpaired) electrons. The van der Waals surface area contributed by atoms with Crippen molar-refractivity contribution in [1.29, 1.82) is 0 Å². The number of benzene rings is 1. The molecule has 1 amide bonds. The maximum absolute atomic E-state index is 13.1. The van der Waals surface area contributed by atoms with Crippen LogP contribution in [-0.4, -0.2) is 61.4 Å². The number of aliphatic hydroxyl groups is 1. The number of aromatic nitrogens is 3. The molecule has 3 heterocycles. The normalized spacial score (nSPS) is 19.3. The highest BCUT2D eigenvalue weighted by molar-refractivity contribution is 7.11. The van der Waals surface area contributed by atoms with Crippen molar-refractivity contribution >= 4 is 28.7 Å². The summed E-state index contributed by atoms with van der Waals surface area (Å²) in [6.45, 7) is 7.28. The van der Waals surface area contributed by atoms with E-state index in [9.17, 15) is 14.7 Å². The van der Waals surface area contributed by atoms with E-state index in [1.807, 2.05) is 26.8 Å². The van der Waals surface area contributed by atoms with E-state index in [4.69, 9.17) is 4.74 Å². The van der Waals surface area contributed by atoms with E-state index in [2.05, 4.69) is 26.8 Å². The Hall–Kier alpha value is -2.82. The topological polar surface area (TPSA) is 110 Å². The summed E-state index contributed by atoms with van der Waals surface area (Å²) < 4.78 is 11.5. The molecule has 1 aromatic carbocycles. The first kappa shape index (κ1) is 24.9. The minimum Gasteiger partial charge on any atom is -0.444 e. The Balaban J connectivity index is 1.40. The molecule has 10 heteroatoms. The number of ether oxygens (including phenoxy) is 1. The highest BCUT2D eigenvalue weighted by atomic mass is 32.1. The third-order valence-electron chi connectivity index (χ3n) is 7.06. The summed E-state index contributed by atoms with van der Waals surface area (Å²) in [4.78, 5) is 32.9. The summed E-state index contributed by atoms with van der Waals surface area (Å²) >= 11 is 1.26. The van der Waals surface area contributed by atoms with Crippen LogP contribution in [0.15, 0.2) is 29.3 Å². The molecule has 1 atom stereocenters. The number of piperidine rings is 1. The van der Waals surface area contributed by atoms with Crippen LogP contribution >= 0.6 is 11.5 Å². The second kappa shape index (κ2) is 9.24. The van der Waals surface area contributed by atoms with Crippen LogP contribution in [0.5, 0.6) is 0 Å². The fourth-order valence-corrected chi connectivity index (χ4v) is 5.95. The average molecular weight is 512 g/mol. The van der Waals surface area contributed by atoms with Crippen molar-refractivity contribution in [3.05, 3.63) is 46.0 Å². The Kier molecular flexibility index (Phi) is 6.38. The predicted octanol–water partition coefficient (Wildman–Crippen LogP) is 3.49. The van der Waals surface area contributed by atoms with Crippen molar-refractivity contribution in [2.24, 2.45) is 0 Å². The van der Waals surface area contributed by atoms with Gasteiger partial charge in [0.25, 0.3) is 5.56 Å². The van der Waals surface area contributed by atoms with Gasteiger partial charge in [0.15, 0.2) is 5.52 Å². The zero-order valence-electron chi connectivity index (χ0n) is 21.2. The summed E-state index contributed by atoms with van der Waals surface area (Å²) in [5.74, 6) is 0. The Morgan fingerprint density at radius 3 is 2.78 bits per heavy atom. The SMILES string of the molecule is CN(C(=O)OC(C)(C)C)C1CCc2cc(-c3snc4c(=O)n(CC5(O)CCNCC5)cnc34)ccc21. The number of nitrogens with one attached hydrogen (secondary N) is 1. The number of hydrogen-bond acceptors (Lipinski definition) is 8. The van der Waals surface area contributed by atoms with Gasteiger partial charge in [-0.25, -0.2) is 9.78 Å². The molecule has 5 rings (SSSR count). The van der Waals surface area contributed by atoms with Gasteiger partial charge in [0.2, 0.25) is 0 Å². The molecule has 192 valence electrons. The molecule has 1 fully saturated rings. The maximum Gasteiger partial charge on any atom is 0.410 e. The second-order valence-electron chi connectivity index (χ2n) is 10.9. The van der Waals surface area contributed by atoms with E-state index in [1.165, 1.54) is 28.0 Å². The Bertz CT molecular complexity index is 1350. The number of nitrogens with zero attached hydrogens (tertiary/aromatic N) is 4. The molecule has 0 spiro atoms. The largest absolute Gasteiger partial charge is 0.444 e. The number of amides is 1. The first-order valence-electron chi connectivity index (χ1n) is 12.4. The highest BCUT2D eigenvalue weighted by Crippen LogP contribution is 2.39. The smallest absolute Gasteiger partial charge is 0.410 e. The van der Waals surface area contributed by atoms with Gasteiger partial charge in [-0.05, 0) is 93.8 Å². The van der Waals surface area contributed by atoms with Crippen LogP contribution in [0.4, 0.5) is 4.79 Å². The van der Waals surface area contributed by atoms with Crippen LogP contribution in [0, 0.1) is 0 Å². The molecule has 1 aliphatic carbocycles. The van der Waals surface area contributed by atoms with Crippen molar-refractivity contribution in [3.8, 4) is 10.4 Å². The standard InChI is InChI=1S/C26H33N5O4S/c1-25(2,3)35-24(33)30(4)19-8-6-16-13-17(5-7-18(16)19)22-20-21(29-36-22)23(32)31(15-28-20)14-26(34)9-11-27-12-10-26/h5,7,13,15,19,27,34H,6,8-12,14H2,1-4H3. The van der Waals surface area contributed by atoms with Gasteiger partial charge in [-0.1, -0.05) is 12.1 Å². The van der Waals surface area contributed by atoms with Gasteiger partial charge in [0, 0.05) is 7.05 Å². The molecule has 1 aliphatic heterocycles. The number of aryl methyl sites for hydroxylation is 1. The quantitative estimate of drug-likeness (QED) is 0.552. The number of carbonyl (C=O) groups excluding carboxylic acids is 1. The molecule has 0 bridgehead atoms. The maximum atomic E-state index is 13.1. The van der Waals surface area contributed by atoms with E-state index in [0.29, 0.717) is 23.9 Å². The Morgan fingerprint density at radius 2 is 2.06 bits per heavy atom. The summed E-state index contributed by atoms with van der Waals surface area (Å²) in [6, 6.07) is 6.16. The van der Waals surface area contributed by atoms with Crippen molar-refractivity contribution in [2.75, 3.05) is 20.1 Å². The summed E-state index contributed by atoms with van der Waals surface area (Å²) in [5, 5.41) is 14.1. The monoisotopic (exact) mass is 511 g/mol. The molecule has 9 nitrogen and oxygen atoms in total. The fraction of sp³-hybridized carbons (Fsp3) is 0.538. The van der Waals surface area contributed by atoms with E-state index in [-0.39, 0.29) is 24.2 Å². The van der Waals surface area contributed by atoms with Crippen molar-refractivity contribution in [2.45, 2.75) is 70.2 Å². The molecule has 3 aromatic rings. The zero-order chi connectivity index (χ0) is 25.7. The Labute approximate surface area is 214 Å². The lowest BCUT2D eigenvalue weighted by molar-refractivity contribution is -0.00630. The molecule has 2 aliphatic rings. The van der Waals surface area contributed by atoms with Gasteiger partial charge in [0.1, 0.15) is 11.1 Å². The average Bonchev–Trinajstić information content (AvgIpc) is 3.44. The van der Waals surface area contributed by atoms with Crippen LogP contribution in [0.25, 0.3) is 21.5 Å². The summed E-state index contributed by atoms with van der Waals surface area (Å²) in [5.41, 5.74) is 2.49. The van der Waals surface area contributed by atoms with E-state index in [0.717, 1.165) is 41.9 Å². The summed E-state index contributed by atoms with van der Waals surface area (Å²) in [6.07, 6.45) is 4.08. The molecule has 2 N–H and O–H groups in total. The molecule has 1 unspecified atom stereocenters. The van der Waals surface area contributed by atoms with Gasteiger partial charge in [-0.3, -0.25) is 9.36 Å². The lowest BCUT2D eigenvalue weighted by Crippen LogP contribution is -2.46. The van der Waals surface area contributed by atoms with Crippen LogP contribution in [0.2, 0.25) is 0 Å². The number of rotatable bonds is 4. The van der Waals surface area contributed by atoms with E-state index in [1.54, 1.807) is 11.9 Å². The predicted molar refractivity (Wildman–Crippen MR) is 139 cm³/mol. The van der Waals surface area contributed by atoms with Crippen LogP contribution in [0.1, 0.15) is 57.2 Å². The van der Waals surface area contributed by atoms with Crippen LogP contribution in [-0.2, 0) is 17.7 Å². The van der Waals surface area contributed by atoms with Crippen LogP contribution < -0.4 is 10.9 Å². The highest BCUT2D eigenvalue weighted by Gasteiger charge is 2.32. The van der Waals surface area contributed by atoms with Crippen LogP contribution in [0.3, 0.4) is 0 Å². The molecular weight excluding hydrogens is 478 g/mol. The van der Waals surface area contributed by atoms with Crippen molar-refractivity contribution in [1.82, 2.24) is 24.1 Å². The molecule has 36 heavy (non-hydrogen) atoms. The second-order valence-corrected chi connectivity index (χ2v) is 11.7. The number of fused-ring (bicyclic) bond motifs is 2. The number of carbonyl (C=O) groups is 1. The van der Waals surface area contributed by atoms with Gasteiger partial charge in [0.05, 0.1) is 29.4 Å². The lowest BCUT2D eigenvalue weighted by atomic mass is 9.92. The first-order chi connectivity index (χ1) is 17.0. The molecule has 1 saturated heterocycles. The van der Waals surface area contributed by atoms with Crippen molar-refractivity contribution < 1.29 is 14.6 Å². The van der Waals surface area contributed by atoms with E-state index >= 15 is 0 Å². The molecule has 2 aromatic heterocycles. The van der Waals surface area contributed by atoms with Crippen molar-refractivity contribution in [3.63, 3.8) is 0 Å². The minimum atomic E-state index is -0.910. The van der Waals surface area contributed by atoms with Gasteiger partial charge < -0.3 is 20.1 Å². The zero-order valence-corrected chi connectivity index (χ0v) is 22.0. The summed E-state index contributed by atoms with van der Waals surface area (Å²) in [7, 11) is 1.79. The molecular formula is C26H33N5O4S. The van der Waals surface area contributed by atoms with Gasteiger partial charge in [-0.15, -0.1) is 0 Å². The van der Waals surface area contributed by atoms with Gasteiger partial charge in [-0.2, -0.15) is 4.37 Å². The fourth-order valence-electron chi connectivity index (χ4n) is 5.13. The third-order valence-corrected chi connectivity index (χ3v) is 7.94. The van der Waals surface area contributed by atoms with E-state index < -0.39 is 11.2 Å². The third kappa shape index (κ3) is 4.77. The first-order valence-corrected chi connectivity index (χ1v) is 13.2. The number of hydrogen-bond donors (Lipinski definition) is 2. The minimum absolute atomic E-state index is 0.0341. The van der Waals surface area contributed by atoms with Gasteiger partial charge >= 0.3 is 6.09 Å². The Morgan fingerprint density at radius 1 is 1.31 bits per heavy atom.